The van der Waals surface area contributed by atoms with Crippen molar-refractivity contribution in [2.24, 2.45) is 11.8 Å². The summed E-state index contributed by atoms with van der Waals surface area (Å²) in [5.74, 6) is -1.09. The molecule has 0 bridgehead atoms. The molecule has 0 fully saturated rings. The van der Waals surface area contributed by atoms with Crippen LogP contribution in [-0.2, 0) is 4.79 Å². The fourth-order valence-corrected chi connectivity index (χ4v) is 1.93. The van der Waals surface area contributed by atoms with Crippen LogP contribution in [0.4, 0.5) is 0 Å². The minimum absolute atomic E-state index is 0.171. The molecule has 3 nitrogen and oxygen atoms in total. The van der Waals surface area contributed by atoms with Crippen molar-refractivity contribution in [1.82, 2.24) is 0 Å². The second-order valence-corrected chi connectivity index (χ2v) is 3.84. The molecule has 0 aromatic heterocycles. The number of carboxylic acids is 1. The lowest BCUT2D eigenvalue weighted by atomic mass is 9.76. The van der Waals surface area contributed by atoms with Crippen LogP contribution in [0.2, 0.25) is 0 Å². The lowest BCUT2D eigenvalue weighted by Gasteiger charge is -2.33. The molecule has 2 atom stereocenters. The van der Waals surface area contributed by atoms with E-state index < -0.39 is 11.6 Å². The van der Waals surface area contributed by atoms with Gasteiger partial charge in [0.2, 0.25) is 0 Å². The largest absolute Gasteiger partial charge is 0.479 e. The Bertz CT molecular complexity index is 177. The Morgan fingerprint density at radius 2 is 1.85 bits per heavy atom. The van der Waals surface area contributed by atoms with Gasteiger partial charge in [-0.25, -0.2) is 4.79 Å². The average molecular weight is 188 g/mol. The molecule has 2 unspecified atom stereocenters. The van der Waals surface area contributed by atoms with Gasteiger partial charge in [-0.05, 0) is 18.8 Å². The van der Waals surface area contributed by atoms with Crippen LogP contribution < -0.4 is 0 Å². The lowest BCUT2D eigenvalue weighted by molar-refractivity contribution is -0.168. The molecule has 0 aromatic carbocycles. The van der Waals surface area contributed by atoms with Gasteiger partial charge in [0, 0.05) is 5.92 Å². The van der Waals surface area contributed by atoms with Crippen LogP contribution in [0.5, 0.6) is 0 Å². The van der Waals surface area contributed by atoms with E-state index in [1.165, 1.54) is 0 Å². The van der Waals surface area contributed by atoms with Crippen molar-refractivity contribution in [2.75, 3.05) is 0 Å². The zero-order valence-electron chi connectivity index (χ0n) is 8.87. The van der Waals surface area contributed by atoms with Crippen molar-refractivity contribution in [3.8, 4) is 0 Å². The average Bonchev–Trinajstić information content (AvgIpc) is 2.04. The molecule has 0 saturated carbocycles. The van der Waals surface area contributed by atoms with Gasteiger partial charge in [-0.2, -0.15) is 0 Å². The highest BCUT2D eigenvalue weighted by molar-refractivity contribution is 5.77. The van der Waals surface area contributed by atoms with Crippen molar-refractivity contribution in [2.45, 2.75) is 46.1 Å². The molecule has 0 rings (SSSR count). The van der Waals surface area contributed by atoms with Gasteiger partial charge in [0.15, 0.2) is 5.60 Å². The van der Waals surface area contributed by atoms with Gasteiger partial charge in [0.1, 0.15) is 0 Å². The predicted molar refractivity (Wildman–Crippen MR) is 51.5 cm³/mol. The van der Waals surface area contributed by atoms with E-state index >= 15 is 0 Å². The third kappa shape index (κ3) is 2.44. The molecule has 2 N–H and O–H groups in total. The van der Waals surface area contributed by atoms with E-state index in [1.54, 1.807) is 6.92 Å². The Kier molecular flexibility index (Phi) is 4.40. The van der Waals surface area contributed by atoms with Crippen LogP contribution in [0.3, 0.4) is 0 Å². The van der Waals surface area contributed by atoms with E-state index in [2.05, 4.69) is 0 Å². The Hall–Kier alpha value is -0.570. The normalized spacial score (nSPS) is 18.3. The van der Waals surface area contributed by atoms with Crippen LogP contribution in [0.1, 0.15) is 40.5 Å². The molecule has 0 heterocycles. The molecule has 0 spiro atoms. The molecule has 0 aliphatic rings. The molecular formula is C10H20O3. The van der Waals surface area contributed by atoms with Crippen molar-refractivity contribution < 1.29 is 15.0 Å². The summed E-state index contributed by atoms with van der Waals surface area (Å²) < 4.78 is 0. The second kappa shape index (κ2) is 4.61. The van der Waals surface area contributed by atoms with E-state index in [9.17, 15) is 9.90 Å². The second-order valence-electron chi connectivity index (χ2n) is 3.84. The maximum Gasteiger partial charge on any atom is 0.335 e. The summed E-state index contributed by atoms with van der Waals surface area (Å²) in [6.07, 6.45) is 0.952. The minimum atomic E-state index is -1.55. The third-order valence-electron chi connectivity index (χ3n) is 2.77. The van der Waals surface area contributed by atoms with Crippen LogP contribution in [0, 0.1) is 11.8 Å². The highest BCUT2D eigenvalue weighted by Gasteiger charge is 2.42. The zero-order chi connectivity index (χ0) is 10.6. The van der Waals surface area contributed by atoms with Gasteiger partial charge in [0.05, 0.1) is 0 Å². The van der Waals surface area contributed by atoms with Gasteiger partial charge in [-0.3, -0.25) is 0 Å². The van der Waals surface area contributed by atoms with Gasteiger partial charge in [0.25, 0.3) is 0 Å². The molecule has 78 valence electrons. The van der Waals surface area contributed by atoms with Crippen LogP contribution >= 0.6 is 0 Å². The predicted octanol–water partition coefficient (Wildman–Crippen LogP) is 1.89. The fourth-order valence-electron chi connectivity index (χ4n) is 1.93. The molecule has 3 heteroatoms. The summed E-state index contributed by atoms with van der Waals surface area (Å²) in [6.45, 7) is 7.50. The van der Waals surface area contributed by atoms with Gasteiger partial charge in [-0.15, -0.1) is 0 Å². The minimum Gasteiger partial charge on any atom is -0.479 e. The first-order chi connectivity index (χ1) is 5.90. The topological polar surface area (TPSA) is 57.5 Å². The summed E-state index contributed by atoms with van der Waals surface area (Å²) in [5.41, 5.74) is -1.55. The van der Waals surface area contributed by atoms with Gasteiger partial charge < -0.3 is 10.2 Å². The first-order valence-electron chi connectivity index (χ1n) is 4.85. The Morgan fingerprint density at radius 3 is 1.92 bits per heavy atom. The number of hydrogen-bond acceptors (Lipinski definition) is 2. The summed E-state index contributed by atoms with van der Waals surface area (Å²) in [6, 6.07) is 0. The first-order valence-corrected chi connectivity index (χ1v) is 4.85. The zero-order valence-corrected chi connectivity index (χ0v) is 8.87. The number of hydrogen-bond donors (Lipinski definition) is 2. The molecule has 0 amide bonds. The SMILES string of the molecule is CCC(C(C)C)C(O)(CC)C(=O)O. The molecule has 0 saturated heterocycles. The molecular weight excluding hydrogens is 168 g/mol. The molecule has 13 heavy (non-hydrogen) atoms. The van der Waals surface area contributed by atoms with E-state index in [1.807, 2.05) is 20.8 Å². The van der Waals surface area contributed by atoms with E-state index in [0.717, 1.165) is 0 Å². The highest BCUT2D eigenvalue weighted by atomic mass is 16.4. The number of carbonyl (C=O) groups is 1. The summed E-state index contributed by atoms with van der Waals surface area (Å²) in [4.78, 5) is 10.9. The van der Waals surface area contributed by atoms with E-state index in [0.29, 0.717) is 6.42 Å². The van der Waals surface area contributed by atoms with Gasteiger partial charge in [-0.1, -0.05) is 27.7 Å². The van der Waals surface area contributed by atoms with Crippen molar-refractivity contribution in [3.05, 3.63) is 0 Å². The first kappa shape index (κ1) is 12.4. The van der Waals surface area contributed by atoms with Crippen LogP contribution in [0.15, 0.2) is 0 Å². The van der Waals surface area contributed by atoms with Crippen LogP contribution in [-0.4, -0.2) is 21.8 Å². The summed E-state index contributed by atoms with van der Waals surface area (Å²) >= 11 is 0. The molecule has 0 aromatic rings. The number of carboxylic acid groups (broad SMARTS) is 1. The third-order valence-corrected chi connectivity index (χ3v) is 2.77. The molecule has 0 aliphatic carbocycles. The van der Waals surface area contributed by atoms with Crippen molar-refractivity contribution in [3.63, 3.8) is 0 Å². The summed E-state index contributed by atoms with van der Waals surface area (Å²) in [7, 11) is 0. The van der Waals surface area contributed by atoms with Crippen molar-refractivity contribution in [1.29, 1.82) is 0 Å². The lowest BCUT2D eigenvalue weighted by Crippen LogP contribution is -2.47. The standard InChI is InChI=1S/C10H20O3/c1-5-8(7(3)4)10(13,6-2)9(11)12/h7-8,13H,5-6H2,1-4H3,(H,11,12). The maximum absolute atomic E-state index is 10.9. The van der Waals surface area contributed by atoms with E-state index in [-0.39, 0.29) is 18.3 Å². The maximum atomic E-state index is 10.9. The molecule has 0 aliphatic heterocycles. The van der Waals surface area contributed by atoms with Crippen molar-refractivity contribution >= 4 is 5.97 Å². The van der Waals surface area contributed by atoms with E-state index in [4.69, 9.17) is 5.11 Å². The quantitative estimate of drug-likeness (QED) is 0.692. The van der Waals surface area contributed by atoms with Crippen LogP contribution in [0.25, 0.3) is 0 Å². The number of rotatable bonds is 5. The Labute approximate surface area is 79.8 Å². The van der Waals surface area contributed by atoms with Gasteiger partial charge >= 0.3 is 5.97 Å². The Balaban J connectivity index is 4.80. The monoisotopic (exact) mass is 188 g/mol. The number of aliphatic hydroxyl groups is 1. The summed E-state index contributed by atoms with van der Waals surface area (Å²) in [5, 5.41) is 18.9. The fraction of sp³-hybridized carbons (Fsp3) is 0.900. The highest BCUT2D eigenvalue weighted by Crippen LogP contribution is 2.31. The molecule has 0 radical (unpaired) electrons. The number of aliphatic carboxylic acids is 1. The Morgan fingerprint density at radius 1 is 1.38 bits per heavy atom. The smallest absolute Gasteiger partial charge is 0.335 e.